The fourth-order valence-electron chi connectivity index (χ4n) is 2.22. The van der Waals surface area contributed by atoms with E-state index in [4.69, 9.17) is 11.6 Å². The third-order valence-corrected chi connectivity index (χ3v) is 3.60. The van der Waals surface area contributed by atoms with Crippen LogP contribution in [0.15, 0.2) is 36.4 Å². The monoisotopic (exact) mass is 302 g/mol. The number of nitrogens with one attached hydrogen (secondary N) is 1. The van der Waals surface area contributed by atoms with Crippen LogP contribution in [0.5, 0.6) is 0 Å². The van der Waals surface area contributed by atoms with Crippen molar-refractivity contribution in [2.45, 2.75) is 33.2 Å². The average Bonchev–Trinajstić information content (AvgIpc) is 2.52. The molecule has 0 atom stereocenters. The second-order valence-electron chi connectivity index (χ2n) is 4.83. The Morgan fingerprint density at radius 1 is 1.14 bits per heavy atom. The van der Waals surface area contributed by atoms with Gasteiger partial charge >= 0.3 is 0 Å². The minimum absolute atomic E-state index is 0.125. The van der Waals surface area contributed by atoms with Gasteiger partial charge in [0.25, 0.3) is 5.91 Å². The van der Waals surface area contributed by atoms with Crippen molar-refractivity contribution in [1.82, 2.24) is 10.3 Å². The third-order valence-electron chi connectivity index (χ3n) is 3.41. The van der Waals surface area contributed by atoms with E-state index in [2.05, 4.69) is 23.3 Å². The predicted octanol–water partition coefficient (Wildman–Crippen LogP) is 3.79. The second-order valence-corrected chi connectivity index (χ2v) is 5.22. The van der Waals surface area contributed by atoms with E-state index in [-0.39, 0.29) is 5.91 Å². The lowest BCUT2D eigenvalue weighted by atomic mass is 10.1. The Bertz CT molecular complexity index is 640. The zero-order valence-corrected chi connectivity index (χ0v) is 13.1. The number of hydrogen-bond donors (Lipinski definition) is 1. The molecule has 0 saturated carbocycles. The zero-order valence-electron chi connectivity index (χ0n) is 12.3. The molecule has 1 aromatic carbocycles. The Hall–Kier alpha value is -1.87. The van der Waals surface area contributed by atoms with Crippen LogP contribution < -0.4 is 5.32 Å². The van der Waals surface area contributed by atoms with E-state index in [0.29, 0.717) is 17.3 Å². The van der Waals surface area contributed by atoms with Gasteiger partial charge in [0.05, 0.1) is 0 Å². The molecule has 0 fully saturated rings. The lowest BCUT2D eigenvalue weighted by molar-refractivity contribution is 0.0950. The predicted molar refractivity (Wildman–Crippen MR) is 85.6 cm³/mol. The van der Waals surface area contributed by atoms with Crippen molar-refractivity contribution < 1.29 is 4.79 Å². The Labute approximate surface area is 130 Å². The number of hydrogen-bond acceptors (Lipinski definition) is 2. The highest BCUT2D eigenvalue weighted by Crippen LogP contribution is 2.13. The van der Waals surface area contributed by atoms with Crippen LogP contribution in [0.4, 0.5) is 0 Å². The van der Waals surface area contributed by atoms with Crippen LogP contribution in [-0.4, -0.2) is 10.9 Å². The van der Waals surface area contributed by atoms with Crippen LogP contribution in [0.3, 0.4) is 0 Å². The first-order valence-corrected chi connectivity index (χ1v) is 7.53. The van der Waals surface area contributed by atoms with Crippen molar-refractivity contribution >= 4 is 17.5 Å². The summed E-state index contributed by atoms with van der Waals surface area (Å²) in [7, 11) is 0. The molecule has 0 spiro atoms. The Morgan fingerprint density at radius 3 is 2.52 bits per heavy atom. The maximum absolute atomic E-state index is 12.2. The van der Waals surface area contributed by atoms with E-state index in [1.807, 2.05) is 25.1 Å². The molecular weight excluding hydrogens is 284 g/mol. The lowest BCUT2D eigenvalue weighted by Crippen LogP contribution is -2.23. The zero-order chi connectivity index (χ0) is 15.2. The van der Waals surface area contributed by atoms with Crippen LogP contribution in [0.2, 0.25) is 5.15 Å². The van der Waals surface area contributed by atoms with Gasteiger partial charge in [0.1, 0.15) is 5.15 Å². The number of rotatable bonds is 5. The quantitative estimate of drug-likeness (QED) is 0.854. The molecule has 2 aromatic rings. The van der Waals surface area contributed by atoms with Gasteiger partial charge < -0.3 is 5.32 Å². The Balaban J connectivity index is 2.10. The molecule has 0 aliphatic carbocycles. The van der Waals surface area contributed by atoms with Gasteiger partial charge in [-0.2, -0.15) is 0 Å². The van der Waals surface area contributed by atoms with Gasteiger partial charge in [-0.3, -0.25) is 4.79 Å². The van der Waals surface area contributed by atoms with Crippen molar-refractivity contribution in [1.29, 1.82) is 0 Å². The first-order valence-electron chi connectivity index (χ1n) is 7.15. The molecule has 110 valence electrons. The van der Waals surface area contributed by atoms with E-state index < -0.39 is 0 Å². The highest BCUT2D eigenvalue weighted by atomic mass is 35.5. The molecule has 4 heteroatoms. The largest absolute Gasteiger partial charge is 0.348 e. The van der Waals surface area contributed by atoms with E-state index >= 15 is 0 Å². The van der Waals surface area contributed by atoms with E-state index in [0.717, 1.165) is 24.1 Å². The topological polar surface area (TPSA) is 42.0 Å². The number of halogens is 1. The van der Waals surface area contributed by atoms with Gasteiger partial charge in [0.15, 0.2) is 0 Å². The summed E-state index contributed by atoms with van der Waals surface area (Å²) in [5, 5.41) is 3.30. The number of carbonyl (C=O) groups excluding carboxylic acids is 1. The Morgan fingerprint density at radius 2 is 1.86 bits per heavy atom. The molecule has 0 aliphatic rings. The number of benzene rings is 1. The summed E-state index contributed by atoms with van der Waals surface area (Å²) in [6, 6.07) is 11.5. The highest BCUT2D eigenvalue weighted by molar-refractivity contribution is 6.29. The van der Waals surface area contributed by atoms with E-state index in [1.165, 1.54) is 5.56 Å². The molecule has 3 nitrogen and oxygen atoms in total. The summed E-state index contributed by atoms with van der Waals surface area (Å²) in [5.74, 6) is -0.125. The molecule has 1 amide bonds. The van der Waals surface area contributed by atoms with Crippen LogP contribution in [0.1, 0.15) is 41.0 Å². The molecule has 0 aliphatic heterocycles. The molecule has 1 heterocycles. The number of aromatic nitrogens is 1. The Kier molecular flexibility index (Phi) is 5.34. The molecule has 2 rings (SSSR count). The van der Waals surface area contributed by atoms with Gasteiger partial charge in [-0.05, 0) is 36.1 Å². The number of carbonyl (C=O) groups is 1. The maximum Gasteiger partial charge on any atom is 0.251 e. The van der Waals surface area contributed by atoms with Crippen molar-refractivity contribution in [2.75, 3.05) is 0 Å². The lowest BCUT2D eigenvalue weighted by Gasteiger charge is -2.10. The van der Waals surface area contributed by atoms with Crippen molar-refractivity contribution in [3.8, 4) is 0 Å². The summed E-state index contributed by atoms with van der Waals surface area (Å²) >= 11 is 5.95. The number of amides is 1. The van der Waals surface area contributed by atoms with Gasteiger partial charge in [-0.15, -0.1) is 0 Å². The molecular formula is C17H19ClN2O. The van der Waals surface area contributed by atoms with Gasteiger partial charge in [0, 0.05) is 17.8 Å². The molecule has 1 N–H and O–H groups in total. The number of nitrogens with zero attached hydrogens (tertiary/aromatic N) is 1. The molecule has 0 bridgehead atoms. The fraction of sp³-hybridized carbons (Fsp3) is 0.294. The minimum atomic E-state index is -0.125. The molecule has 0 radical (unpaired) electrons. The van der Waals surface area contributed by atoms with Crippen LogP contribution in [-0.2, 0) is 19.4 Å². The standard InChI is InChI=1S/C17H19ClN2O/c1-3-12-7-5-6-8-13(12)11-19-17(21)14-9-15(4-2)20-16(18)10-14/h5-10H,3-4,11H2,1-2H3,(H,19,21). The first-order chi connectivity index (χ1) is 10.1. The summed E-state index contributed by atoms with van der Waals surface area (Å²) in [5.41, 5.74) is 3.77. The van der Waals surface area contributed by atoms with Crippen molar-refractivity contribution in [3.63, 3.8) is 0 Å². The first kappa shape index (κ1) is 15.5. The highest BCUT2D eigenvalue weighted by Gasteiger charge is 2.09. The molecule has 21 heavy (non-hydrogen) atoms. The number of aryl methyl sites for hydroxylation is 2. The maximum atomic E-state index is 12.2. The van der Waals surface area contributed by atoms with Crippen molar-refractivity contribution in [3.05, 3.63) is 63.9 Å². The van der Waals surface area contributed by atoms with Gasteiger partial charge in [-0.1, -0.05) is 49.7 Å². The molecule has 0 saturated heterocycles. The average molecular weight is 303 g/mol. The normalized spacial score (nSPS) is 10.4. The van der Waals surface area contributed by atoms with Gasteiger partial charge in [-0.25, -0.2) is 4.98 Å². The fourth-order valence-corrected chi connectivity index (χ4v) is 2.44. The summed E-state index contributed by atoms with van der Waals surface area (Å²) < 4.78 is 0. The number of pyridine rings is 1. The van der Waals surface area contributed by atoms with Crippen molar-refractivity contribution in [2.24, 2.45) is 0 Å². The van der Waals surface area contributed by atoms with Crippen LogP contribution in [0, 0.1) is 0 Å². The molecule has 1 aromatic heterocycles. The van der Waals surface area contributed by atoms with E-state index in [1.54, 1.807) is 12.1 Å². The summed E-state index contributed by atoms with van der Waals surface area (Å²) in [6.07, 6.45) is 1.70. The van der Waals surface area contributed by atoms with Gasteiger partial charge in [0.2, 0.25) is 0 Å². The summed E-state index contributed by atoms with van der Waals surface area (Å²) in [6.45, 7) is 4.61. The molecule has 0 unspecified atom stereocenters. The van der Waals surface area contributed by atoms with Crippen LogP contribution >= 0.6 is 11.6 Å². The second kappa shape index (κ2) is 7.23. The summed E-state index contributed by atoms with van der Waals surface area (Å²) in [4.78, 5) is 16.4. The SMILES string of the molecule is CCc1cc(C(=O)NCc2ccccc2CC)cc(Cl)n1. The van der Waals surface area contributed by atoms with E-state index in [9.17, 15) is 4.79 Å². The third kappa shape index (κ3) is 4.05. The van der Waals surface area contributed by atoms with Crippen LogP contribution in [0.25, 0.3) is 0 Å². The smallest absolute Gasteiger partial charge is 0.251 e. The minimum Gasteiger partial charge on any atom is -0.348 e.